The molecule has 0 saturated heterocycles. The van der Waals surface area contributed by atoms with Crippen molar-refractivity contribution in [3.63, 3.8) is 0 Å². The van der Waals surface area contributed by atoms with E-state index in [1.54, 1.807) is 19.0 Å². The molecular weight excluding hydrogens is 200 g/mol. The first kappa shape index (κ1) is 13.7. The summed E-state index contributed by atoms with van der Waals surface area (Å²) >= 11 is 0. The number of nitrogens with one attached hydrogen (secondary N) is 1. The highest BCUT2D eigenvalue weighted by Crippen LogP contribution is 2.32. The molecule has 3 nitrogen and oxygen atoms in total. The van der Waals surface area contributed by atoms with Gasteiger partial charge >= 0.3 is 0 Å². The lowest BCUT2D eigenvalue weighted by Gasteiger charge is -2.21. The van der Waals surface area contributed by atoms with Gasteiger partial charge in [-0.25, -0.2) is 0 Å². The number of amides is 1. The maximum absolute atomic E-state index is 11.5. The van der Waals surface area contributed by atoms with E-state index in [0.29, 0.717) is 6.04 Å². The van der Waals surface area contributed by atoms with E-state index in [9.17, 15) is 4.79 Å². The van der Waals surface area contributed by atoms with Crippen LogP contribution in [0.2, 0.25) is 0 Å². The van der Waals surface area contributed by atoms with Gasteiger partial charge in [-0.1, -0.05) is 0 Å². The fraction of sp³-hybridized carbons (Fsp3) is 0.900. The lowest BCUT2D eigenvalue weighted by atomic mass is 10.2. The van der Waals surface area contributed by atoms with Crippen molar-refractivity contribution < 1.29 is 4.79 Å². The third-order valence-electron chi connectivity index (χ3n) is 2.65. The highest BCUT2D eigenvalue weighted by molar-refractivity contribution is 5.85. The standard InChI is InChI=1S/C10H20N2O.ClH/c1-7(9-5-6-9)11-8(2)10(13)12(3)4;/h7-9,11H,5-6H2,1-4H3;1H/t7?,8-;/m1./s1. The molecular formula is C10H21ClN2O. The maximum atomic E-state index is 11.5. The van der Waals surface area contributed by atoms with Crippen LogP contribution in [-0.4, -0.2) is 37.0 Å². The Labute approximate surface area is 92.6 Å². The molecule has 14 heavy (non-hydrogen) atoms. The Hall–Kier alpha value is -0.280. The third kappa shape index (κ3) is 3.84. The zero-order valence-electron chi connectivity index (χ0n) is 9.41. The molecule has 1 fully saturated rings. The van der Waals surface area contributed by atoms with Crippen LogP contribution in [0.3, 0.4) is 0 Å². The van der Waals surface area contributed by atoms with Gasteiger partial charge in [-0.15, -0.1) is 12.4 Å². The minimum Gasteiger partial charge on any atom is -0.347 e. The van der Waals surface area contributed by atoms with Gasteiger partial charge in [0.2, 0.25) is 5.91 Å². The molecule has 0 radical (unpaired) electrons. The zero-order valence-corrected chi connectivity index (χ0v) is 10.2. The number of halogens is 1. The first-order valence-electron chi connectivity index (χ1n) is 4.99. The van der Waals surface area contributed by atoms with Gasteiger partial charge in [0.05, 0.1) is 6.04 Å². The van der Waals surface area contributed by atoms with Gasteiger partial charge in [-0.2, -0.15) is 0 Å². The predicted octanol–water partition coefficient (Wildman–Crippen LogP) is 1.27. The van der Waals surface area contributed by atoms with E-state index in [1.807, 2.05) is 6.92 Å². The van der Waals surface area contributed by atoms with E-state index in [0.717, 1.165) is 5.92 Å². The first-order chi connectivity index (χ1) is 6.02. The number of rotatable bonds is 4. The highest BCUT2D eigenvalue weighted by atomic mass is 35.5. The molecule has 1 saturated carbocycles. The summed E-state index contributed by atoms with van der Waals surface area (Å²) in [6.45, 7) is 4.10. The number of hydrogen-bond donors (Lipinski definition) is 1. The summed E-state index contributed by atoms with van der Waals surface area (Å²) in [5, 5.41) is 3.33. The fourth-order valence-corrected chi connectivity index (χ4v) is 1.59. The molecule has 1 N–H and O–H groups in total. The molecule has 1 aliphatic rings. The fourth-order valence-electron chi connectivity index (χ4n) is 1.59. The molecule has 1 unspecified atom stereocenters. The number of nitrogens with zero attached hydrogens (tertiary/aromatic N) is 1. The van der Waals surface area contributed by atoms with Gasteiger partial charge in [0.25, 0.3) is 0 Å². The van der Waals surface area contributed by atoms with Crippen LogP contribution in [0.25, 0.3) is 0 Å². The monoisotopic (exact) mass is 220 g/mol. The van der Waals surface area contributed by atoms with Crippen LogP contribution in [0.5, 0.6) is 0 Å². The molecule has 0 spiro atoms. The van der Waals surface area contributed by atoms with Crippen molar-refractivity contribution in [2.75, 3.05) is 14.1 Å². The lowest BCUT2D eigenvalue weighted by Crippen LogP contribution is -2.45. The van der Waals surface area contributed by atoms with E-state index in [2.05, 4.69) is 12.2 Å². The topological polar surface area (TPSA) is 32.3 Å². The Morgan fingerprint density at radius 3 is 2.21 bits per heavy atom. The van der Waals surface area contributed by atoms with E-state index >= 15 is 0 Å². The van der Waals surface area contributed by atoms with Crippen molar-refractivity contribution in [1.82, 2.24) is 10.2 Å². The van der Waals surface area contributed by atoms with Crippen molar-refractivity contribution in [3.05, 3.63) is 0 Å². The van der Waals surface area contributed by atoms with Crippen molar-refractivity contribution in [2.45, 2.75) is 38.8 Å². The minimum absolute atomic E-state index is 0. The average Bonchev–Trinajstić information content (AvgIpc) is 2.84. The number of carbonyl (C=O) groups is 1. The summed E-state index contributed by atoms with van der Waals surface area (Å²) in [7, 11) is 3.59. The molecule has 0 heterocycles. The molecule has 0 bridgehead atoms. The molecule has 1 aliphatic carbocycles. The van der Waals surface area contributed by atoms with Crippen LogP contribution in [0.1, 0.15) is 26.7 Å². The largest absolute Gasteiger partial charge is 0.347 e. The van der Waals surface area contributed by atoms with Crippen LogP contribution in [0.4, 0.5) is 0 Å². The highest BCUT2D eigenvalue weighted by Gasteiger charge is 2.29. The summed E-state index contributed by atoms with van der Waals surface area (Å²) in [5.41, 5.74) is 0. The van der Waals surface area contributed by atoms with Crippen molar-refractivity contribution in [2.24, 2.45) is 5.92 Å². The number of carbonyl (C=O) groups excluding carboxylic acids is 1. The van der Waals surface area contributed by atoms with Gasteiger partial charge in [-0.3, -0.25) is 4.79 Å². The minimum atomic E-state index is -0.0504. The van der Waals surface area contributed by atoms with E-state index < -0.39 is 0 Å². The number of hydrogen-bond acceptors (Lipinski definition) is 2. The van der Waals surface area contributed by atoms with Crippen molar-refractivity contribution in [3.8, 4) is 0 Å². The van der Waals surface area contributed by atoms with E-state index in [1.165, 1.54) is 12.8 Å². The molecule has 1 amide bonds. The molecule has 4 heteroatoms. The second-order valence-electron chi connectivity index (χ2n) is 4.25. The van der Waals surface area contributed by atoms with Crippen molar-refractivity contribution in [1.29, 1.82) is 0 Å². The van der Waals surface area contributed by atoms with Crippen LogP contribution in [-0.2, 0) is 4.79 Å². The molecule has 0 aromatic rings. The zero-order chi connectivity index (χ0) is 10.0. The SMILES string of the molecule is CC(N[C@H](C)C(=O)N(C)C)C1CC1.Cl. The molecule has 1 rings (SSSR count). The van der Waals surface area contributed by atoms with Crippen molar-refractivity contribution >= 4 is 18.3 Å². The Morgan fingerprint density at radius 2 is 1.86 bits per heavy atom. The van der Waals surface area contributed by atoms with E-state index in [-0.39, 0.29) is 24.4 Å². The van der Waals surface area contributed by atoms with E-state index in [4.69, 9.17) is 0 Å². The first-order valence-corrected chi connectivity index (χ1v) is 4.99. The van der Waals surface area contributed by atoms with Gasteiger partial charge < -0.3 is 10.2 Å². The van der Waals surface area contributed by atoms with Gasteiger partial charge in [0, 0.05) is 20.1 Å². The Balaban J connectivity index is 0.00000169. The summed E-state index contributed by atoms with van der Waals surface area (Å²) in [4.78, 5) is 13.1. The second kappa shape index (κ2) is 5.56. The maximum Gasteiger partial charge on any atom is 0.238 e. The average molecular weight is 221 g/mol. The van der Waals surface area contributed by atoms with Crippen LogP contribution >= 0.6 is 12.4 Å². The van der Waals surface area contributed by atoms with Crippen LogP contribution in [0, 0.1) is 5.92 Å². The van der Waals surface area contributed by atoms with Gasteiger partial charge in [0.15, 0.2) is 0 Å². The predicted molar refractivity (Wildman–Crippen MR) is 60.7 cm³/mol. The smallest absolute Gasteiger partial charge is 0.238 e. The Kier molecular flexibility index (Phi) is 5.45. The van der Waals surface area contributed by atoms with Crippen LogP contribution < -0.4 is 5.32 Å². The quantitative estimate of drug-likeness (QED) is 0.774. The number of likely N-dealkylation sites (N-methyl/N-ethyl adjacent to an activating group) is 1. The molecule has 0 aromatic heterocycles. The molecule has 84 valence electrons. The van der Waals surface area contributed by atoms with Gasteiger partial charge in [0.1, 0.15) is 0 Å². The summed E-state index contributed by atoms with van der Waals surface area (Å²) in [5.74, 6) is 0.963. The summed E-state index contributed by atoms with van der Waals surface area (Å²) in [6.07, 6.45) is 2.63. The Morgan fingerprint density at radius 1 is 1.36 bits per heavy atom. The molecule has 0 aromatic carbocycles. The van der Waals surface area contributed by atoms with Gasteiger partial charge in [-0.05, 0) is 32.6 Å². The molecule has 2 atom stereocenters. The van der Waals surface area contributed by atoms with Crippen LogP contribution in [0.15, 0.2) is 0 Å². The lowest BCUT2D eigenvalue weighted by molar-refractivity contribution is -0.130. The third-order valence-corrected chi connectivity index (χ3v) is 2.65. The second-order valence-corrected chi connectivity index (χ2v) is 4.25. The normalized spacial score (nSPS) is 19.4. The molecule has 0 aliphatic heterocycles. The summed E-state index contributed by atoms with van der Waals surface area (Å²) < 4.78 is 0. The summed E-state index contributed by atoms with van der Waals surface area (Å²) in [6, 6.07) is 0.435. The Bertz CT molecular complexity index is 193.